The first-order valence-corrected chi connectivity index (χ1v) is 6.48. The quantitative estimate of drug-likeness (QED) is 0.844. The van der Waals surface area contributed by atoms with Gasteiger partial charge >= 0.3 is 0 Å². The number of pyridine rings is 1. The molecule has 18 heavy (non-hydrogen) atoms. The number of rotatable bonds is 5. The molecule has 1 aromatic carbocycles. The van der Waals surface area contributed by atoms with E-state index in [1.165, 1.54) is 5.39 Å². The van der Waals surface area contributed by atoms with Gasteiger partial charge in [-0.3, -0.25) is 4.98 Å². The highest BCUT2D eigenvalue weighted by Gasteiger charge is 2.41. The second-order valence-electron chi connectivity index (χ2n) is 5.26. The summed E-state index contributed by atoms with van der Waals surface area (Å²) in [5, 5.41) is 13.8. The highest BCUT2D eigenvalue weighted by atomic mass is 16.3. The molecule has 1 aliphatic carbocycles. The van der Waals surface area contributed by atoms with Gasteiger partial charge in [0, 0.05) is 30.5 Å². The molecule has 0 amide bonds. The second-order valence-corrected chi connectivity index (χ2v) is 5.26. The average Bonchev–Trinajstić information content (AvgIpc) is 3.19. The molecule has 1 aromatic heterocycles. The second kappa shape index (κ2) is 4.67. The van der Waals surface area contributed by atoms with Crippen LogP contribution in [0.3, 0.4) is 0 Å². The van der Waals surface area contributed by atoms with Crippen molar-refractivity contribution in [1.82, 2.24) is 10.3 Å². The van der Waals surface area contributed by atoms with E-state index in [1.807, 2.05) is 18.2 Å². The van der Waals surface area contributed by atoms with Crippen LogP contribution in [0.4, 0.5) is 0 Å². The number of fused-ring (bicyclic) bond motifs is 1. The number of hydrogen-bond acceptors (Lipinski definition) is 3. The van der Waals surface area contributed by atoms with E-state index in [0.29, 0.717) is 6.61 Å². The van der Waals surface area contributed by atoms with Gasteiger partial charge in [-0.2, -0.15) is 0 Å². The van der Waals surface area contributed by atoms with Crippen LogP contribution in [0.25, 0.3) is 10.9 Å². The number of nitrogens with zero attached hydrogens (tertiary/aromatic N) is 1. The van der Waals surface area contributed by atoms with E-state index in [2.05, 4.69) is 28.5 Å². The molecule has 0 atom stereocenters. The third-order valence-corrected chi connectivity index (χ3v) is 3.75. The van der Waals surface area contributed by atoms with Gasteiger partial charge in [0.1, 0.15) is 0 Å². The molecule has 1 aliphatic rings. The van der Waals surface area contributed by atoms with Crippen LogP contribution < -0.4 is 5.32 Å². The topological polar surface area (TPSA) is 45.1 Å². The summed E-state index contributed by atoms with van der Waals surface area (Å²) in [4.78, 5) is 4.62. The lowest BCUT2D eigenvalue weighted by atomic mass is 10.1. The zero-order chi connectivity index (χ0) is 12.4. The zero-order valence-electron chi connectivity index (χ0n) is 10.4. The molecule has 3 rings (SSSR count). The van der Waals surface area contributed by atoms with Crippen molar-refractivity contribution in [2.45, 2.75) is 19.4 Å². The third-order valence-electron chi connectivity index (χ3n) is 3.75. The van der Waals surface area contributed by atoms with Crippen LogP contribution in [0.2, 0.25) is 0 Å². The minimum atomic E-state index is 0.164. The Labute approximate surface area is 107 Å². The number of benzene rings is 1. The summed E-state index contributed by atoms with van der Waals surface area (Å²) >= 11 is 0. The van der Waals surface area contributed by atoms with Gasteiger partial charge in [-0.05, 0) is 25.0 Å². The number of para-hydroxylation sites is 1. The molecular formula is C15H18N2O. The van der Waals surface area contributed by atoms with E-state index in [1.54, 1.807) is 0 Å². The van der Waals surface area contributed by atoms with Gasteiger partial charge in [0.2, 0.25) is 0 Å². The molecule has 0 radical (unpaired) electrons. The van der Waals surface area contributed by atoms with Crippen molar-refractivity contribution in [3.05, 3.63) is 42.1 Å². The van der Waals surface area contributed by atoms with Crippen LogP contribution in [0.5, 0.6) is 0 Å². The smallest absolute Gasteiger partial charge is 0.0705 e. The van der Waals surface area contributed by atoms with Crippen LogP contribution in [0.1, 0.15) is 18.5 Å². The minimum Gasteiger partial charge on any atom is -0.396 e. The Bertz CT molecular complexity index is 549. The molecule has 1 heterocycles. The fraction of sp³-hybridized carbons (Fsp3) is 0.400. The summed E-state index contributed by atoms with van der Waals surface area (Å²) in [5.41, 5.74) is 2.26. The fourth-order valence-electron chi connectivity index (χ4n) is 2.23. The Hall–Kier alpha value is -1.45. The molecule has 0 spiro atoms. The van der Waals surface area contributed by atoms with E-state index in [4.69, 9.17) is 0 Å². The largest absolute Gasteiger partial charge is 0.396 e. The predicted molar refractivity (Wildman–Crippen MR) is 72.2 cm³/mol. The monoisotopic (exact) mass is 242 g/mol. The van der Waals surface area contributed by atoms with Gasteiger partial charge in [0.05, 0.1) is 11.2 Å². The van der Waals surface area contributed by atoms with E-state index < -0.39 is 0 Å². The number of aliphatic hydroxyl groups excluding tert-OH is 1. The van der Waals surface area contributed by atoms with E-state index >= 15 is 0 Å². The highest BCUT2D eigenvalue weighted by Crippen LogP contribution is 2.44. The maximum Gasteiger partial charge on any atom is 0.0705 e. The molecule has 2 N–H and O–H groups in total. The lowest BCUT2D eigenvalue weighted by molar-refractivity contribution is 0.207. The lowest BCUT2D eigenvalue weighted by Gasteiger charge is -2.12. The maximum absolute atomic E-state index is 9.24. The van der Waals surface area contributed by atoms with Crippen molar-refractivity contribution in [2.75, 3.05) is 13.2 Å². The van der Waals surface area contributed by atoms with Crippen molar-refractivity contribution < 1.29 is 5.11 Å². The first kappa shape index (κ1) is 11.6. The molecule has 1 fully saturated rings. The Morgan fingerprint density at radius 1 is 1.17 bits per heavy atom. The van der Waals surface area contributed by atoms with Crippen LogP contribution in [0.15, 0.2) is 36.4 Å². The van der Waals surface area contributed by atoms with Crippen molar-refractivity contribution in [3.8, 4) is 0 Å². The first-order chi connectivity index (χ1) is 8.81. The van der Waals surface area contributed by atoms with Crippen molar-refractivity contribution in [2.24, 2.45) is 5.41 Å². The predicted octanol–water partition coefficient (Wildman–Crippen LogP) is 2.10. The highest BCUT2D eigenvalue weighted by molar-refractivity contribution is 5.78. The maximum atomic E-state index is 9.24. The summed E-state index contributed by atoms with van der Waals surface area (Å²) in [6.07, 6.45) is 2.28. The van der Waals surface area contributed by atoms with Crippen LogP contribution >= 0.6 is 0 Å². The van der Waals surface area contributed by atoms with Gasteiger partial charge in [-0.15, -0.1) is 0 Å². The summed E-state index contributed by atoms with van der Waals surface area (Å²) in [6.45, 7) is 1.95. The molecule has 0 saturated heterocycles. The summed E-state index contributed by atoms with van der Waals surface area (Å²) < 4.78 is 0. The SMILES string of the molecule is OCC1(CNCc2ccc3ccccc3n2)CC1. The number of hydrogen-bond donors (Lipinski definition) is 2. The molecule has 3 heteroatoms. The minimum absolute atomic E-state index is 0.164. The van der Waals surface area contributed by atoms with Gasteiger partial charge in [0.25, 0.3) is 0 Å². The molecule has 2 aromatic rings. The van der Waals surface area contributed by atoms with Crippen LogP contribution in [-0.2, 0) is 6.54 Å². The Balaban J connectivity index is 1.64. The Kier molecular flexibility index (Phi) is 3.02. The number of aliphatic hydroxyl groups is 1. The van der Waals surface area contributed by atoms with E-state index in [0.717, 1.165) is 37.1 Å². The standard InChI is InChI=1S/C15H18N2O/c18-11-15(7-8-15)10-16-9-13-6-5-12-3-1-2-4-14(12)17-13/h1-6,16,18H,7-11H2. The summed E-state index contributed by atoms with van der Waals surface area (Å²) in [6, 6.07) is 12.3. The van der Waals surface area contributed by atoms with Gasteiger partial charge in [0.15, 0.2) is 0 Å². The van der Waals surface area contributed by atoms with Gasteiger partial charge < -0.3 is 10.4 Å². The molecule has 0 aliphatic heterocycles. The van der Waals surface area contributed by atoms with Crippen LogP contribution in [-0.4, -0.2) is 23.2 Å². The normalized spacial score (nSPS) is 16.9. The molecule has 0 unspecified atom stereocenters. The molecule has 0 bridgehead atoms. The summed E-state index contributed by atoms with van der Waals surface area (Å²) in [5.74, 6) is 0. The van der Waals surface area contributed by atoms with Gasteiger partial charge in [-0.1, -0.05) is 24.3 Å². The number of aromatic nitrogens is 1. The van der Waals surface area contributed by atoms with E-state index in [-0.39, 0.29) is 5.41 Å². The fourth-order valence-corrected chi connectivity index (χ4v) is 2.23. The van der Waals surface area contributed by atoms with Crippen molar-refractivity contribution in [3.63, 3.8) is 0 Å². The molecular weight excluding hydrogens is 224 g/mol. The number of nitrogens with one attached hydrogen (secondary N) is 1. The Morgan fingerprint density at radius 3 is 2.78 bits per heavy atom. The van der Waals surface area contributed by atoms with Crippen molar-refractivity contribution in [1.29, 1.82) is 0 Å². The average molecular weight is 242 g/mol. The molecule has 1 saturated carbocycles. The first-order valence-electron chi connectivity index (χ1n) is 6.48. The summed E-state index contributed by atoms with van der Waals surface area (Å²) in [7, 11) is 0. The zero-order valence-corrected chi connectivity index (χ0v) is 10.4. The Morgan fingerprint density at radius 2 is 2.00 bits per heavy atom. The lowest BCUT2D eigenvalue weighted by Crippen LogP contribution is -2.26. The van der Waals surface area contributed by atoms with Crippen molar-refractivity contribution >= 4 is 10.9 Å². The van der Waals surface area contributed by atoms with E-state index in [9.17, 15) is 5.11 Å². The third kappa shape index (κ3) is 2.37. The molecule has 94 valence electrons. The van der Waals surface area contributed by atoms with Gasteiger partial charge in [-0.25, -0.2) is 0 Å². The van der Waals surface area contributed by atoms with Crippen LogP contribution in [0, 0.1) is 5.41 Å². The molecule has 3 nitrogen and oxygen atoms in total.